The van der Waals surface area contributed by atoms with Gasteiger partial charge in [0.05, 0.1) is 11.3 Å². The standard InChI is InChI=1S/C12H9N3O/c16-12-9(5-6-13-15-12)11-7-8-3-1-2-4-10(8)14-11/h1-7,14H,(H,15,16). The Bertz CT molecular complexity index is 663. The molecule has 0 saturated heterocycles. The van der Waals surface area contributed by atoms with E-state index in [0.29, 0.717) is 5.56 Å². The van der Waals surface area contributed by atoms with Crippen LogP contribution < -0.4 is 5.56 Å². The maximum absolute atomic E-state index is 11.6. The predicted octanol–water partition coefficient (Wildman–Crippen LogP) is 1.92. The molecule has 2 heterocycles. The Morgan fingerprint density at radius 1 is 1.12 bits per heavy atom. The number of nitrogens with one attached hydrogen (secondary N) is 2. The third kappa shape index (κ3) is 1.32. The van der Waals surface area contributed by atoms with Crippen molar-refractivity contribution in [2.75, 3.05) is 0 Å². The van der Waals surface area contributed by atoms with Gasteiger partial charge >= 0.3 is 0 Å². The van der Waals surface area contributed by atoms with Gasteiger partial charge in [-0.15, -0.1) is 0 Å². The summed E-state index contributed by atoms with van der Waals surface area (Å²) in [5, 5.41) is 7.18. The third-order valence-corrected chi connectivity index (χ3v) is 2.55. The lowest BCUT2D eigenvalue weighted by Gasteiger charge is -1.93. The average Bonchev–Trinajstić information content (AvgIpc) is 2.73. The van der Waals surface area contributed by atoms with Crippen LogP contribution in [0, 0.1) is 0 Å². The van der Waals surface area contributed by atoms with Gasteiger partial charge in [-0.25, -0.2) is 5.10 Å². The largest absolute Gasteiger partial charge is 0.354 e. The lowest BCUT2D eigenvalue weighted by Crippen LogP contribution is -2.09. The molecule has 0 aliphatic rings. The number of fused-ring (bicyclic) bond motifs is 1. The number of rotatable bonds is 1. The summed E-state index contributed by atoms with van der Waals surface area (Å²) in [6.07, 6.45) is 1.57. The molecule has 1 aromatic carbocycles. The maximum Gasteiger partial charge on any atom is 0.273 e. The minimum atomic E-state index is -0.186. The van der Waals surface area contributed by atoms with Crippen LogP contribution in [0.5, 0.6) is 0 Å². The Kier molecular flexibility index (Phi) is 1.86. The first-order chi connectivity index (χ1) is 7.84. The van der Waals surface area contributed by atoms with Gasteiger partial charge in [0.15, 0.2) is 0 Å². The molecule has 0 spiro atoms. The molecule has 3 rings (SSSR count). The Labute approximate surface area is 90.9 Å². The molecule has 2 N–H and O–H groups in total. The summed E-state index contributed by atoms with van der Waals surface area (Å²) in [5.41, 5.74) is 2.25. The van der Waals surface area contributed by atoms with Crippen LogP contribution in [-0.4, -0.2) is 15.2 Å². The first kappa shape index (κ1) is 8.91. The number of benzene rings is 1. The molecule has 4 nitrogen and oxygen atoms in total. The fourth-order valence-corrected chi connectivity index (χ4v) is 1.77. The van der Waals surface area contributed by atoms with Crippen molar-refractivity contribution in [1.29, 1.82) is 0 Å². The SMILES string of the molecule is O=c1[nH]nccc1-c1cc2ccccc2[nH]1. The van der Waals surface area contributed by atoms with E-state index >= 15 is 0 Å². The first-order valence-corrected chi connectivity index (χ1v) is 4.96. The molecule has 0 aliphatic heterocycles. The molecule has 3 aromatic rings. The van der Waals surface area contributed by atoms with Crippen molar-refractivity contribution in [2.24, 2.45) is 0 Å². The summed E-state index contributed by atoms with van der Waals surface area (Å²) in [5.74, 6) is 0. The highest BCUT2D eigenvalue weighted by Gasteiger charge is 2.05. The van der Waals surface area contributed by atoms with Crippen molar-refractivity contribution < 1.29 is 0 Å². The van der Waals surface area contributed by atoms with Crippen LogP contribution in [0.2, 0.25) is 0 Å². The van der Waals surface area contributed by atoms with Crippen molar-refractivity contribution in [3.63, 3.8) is 0 Å². The fraction of sp³-hybridized carbons (Fsp3) is 0. The van der Waals surface area contributed by atoms with Crippen LogP contribution in [0.3, 0.4) is 0 Å². The van der Waals surface area contributed by atoms with E-state index in [1.165, 1.54) is 0 Å². The van der Waals surface area contributed by atoms with E-state index in [2.05, 4.69) is 15.2 Å². The van der Waals surface area contributed by atoms with Crippen LogP contribution in [0.1, 0.15) is 0 Å². The van der Waals surface area contributed by atoms with Gasteiger partial charge in [-0.3, -0.25) is 4.79 Å². The molecular weight excluding hydrogens is 202 g/mol. The molecule has 16 heavy (non-hydrogen) atoms. The normalized spacial score (nSPS) is 10.8. The molecule has 4 heteroatoms. The highest BCUT2D eigenvalue weighted by molar-refractivity contribution is 5.85. The second-order valence-corrected chi connectivity index (χ2v) is 3.57. The fourth-order valence-electron chi connectivity index (χ4n) is 1.77. The van der Waals surface area contributed by atoms with E-state index in [-0.39, 0.29) is 5.56 Å². The van der Waals surface area contributed by atoms with Gasteiger partial charge in [-0.2, -0.15) is 5.10 Å². The third-order valence-electron chi connectivity index (χ3n) is 2.55. The van der Waals surface area contributed by atoms with E-state index in [9.17, 15) is 4.79 Å². The number of aromatic amines is 2. The smallest absolute Gasteiger partial charge is 0.273 e. The summed E-state index contributed by atoms with van der Waals surface area (Å²) < 4.78 is 0. The average molecular weight is 211 g/mol. The van der Waals surface area contributed by atoms with Crippen LogP contribution in [0.25, 0.3) is 22.2 Å². The van der Waals surface area contributed by atoms with E-state index in [4.69, 9.17) is 0 Å². The Morgan fingerprint density at radius 3 is 2.81 bits per heavy atom. The van der Waals surface area contributed by atoms with Crippen molar-refractivity contribution in [1.82, 2.24) is 15.2 Å². The summed E-state index contributed by atoms with van der Waals surface area (Å²) in [6.45, 7) is 0. The highest BCUT2D eigenvalue weighted by atomic mass is 16.1. The van der Waals surface area contributed by atoms with Crippen molar-refractivity contribution in [3.05, 3.63) is 52.9 Å². The second kappa shape index (κ2) is 3.34. The molecule has 0 atom stereocenters. The van der Waals surface area contributed by atoms with Gasteiger partial charge in [0.25, 0.3) is 5.56 Å². The van der Waals surface area contributed by atoms with E-state index in [0.717, 1.165) is 16.6 Å². The summed E-state index contributed by atoms with van der Waals surface area (Å²) in [7, 11) is 0. The molecule has 0 fully saturated rings. The second-order valence-electron chi connectivity index (χ2n) is 3.57. The molecule has 0 saturated carbocycles. The van der Waals surface area contributed by atoms with Gasteiger partial charge in [0, 0.05) is 17.1 Å². The van der Waals surface area contributed by atoms with Crippen molar-refractivity contribution >= 4 is 10.9 Å². The highest BCUT2D eigenvalue weighted by Crippen LogP contribution is 2.20. The van der Waals surface area contributed by atoms with E-state index < -0.39 is 0 Å². The zero-order valence-corrected chi connectivity index (χ0v) is 8.40. The lowest BCUT2D eigenvalue weighted by molar-refractivity contribution is 0.990. The number of hydrogen-bond donors (Lipinski definition) is 2. The van der Waals surface area contributed by atoms with Gasteiger partial charge < -0.3 is 4.98 Å². The minimum absolute atomic E-state index is 0.186. The molecule has 78 valence electrons. The lowest BCUT2D eigenvalue weighted by atomic mass is 10.2. The van der Waals surface area contributed by atoms with Crippen LogP contribution in [0.4, 0.5) is 0 Å². The number of para-hydroxylation sites is 1. The zero-order chi connectivity index (χ0) is 11.0. The molecule has 0 aliphatic carbocycles. The monoisotopic (exact) mass is 211 g/mol. The Balaban J connectivity index is 2.27. The van der Waals surface area contributed by atoms with Crippen molar-refractivity contribution in [2.45, 2.75) is 0 Å². The summed E-state index contributed by atoms with van der Waals surface area (Å²) >= 11 is 0. The Morgan fingerprint density at radius 2 is 2.00 bits per heavy atom. The molecular formula is C12H9N3O. The maximum atomic E-state index is 11.6. The quantitative estimate of drug-likeness (QED) is 0.646. The molecule has 2 aromatic heterocycles. The first-order valence-electron chi connectivity index (χ1n) is 4.96. The molecule has 0 radical (unpaired) electrons. The predicted molar refractivity (Wildman–Crippen MR) is 62.2 cm³/mol. The zero-order valence-electron chi connectivity index (χ0n) is 8.40. The van der Waals surface area contributed by atoms with Crippen LogP contribution in [0.15, 0.2) is 47.4 Å². The number of aromatic nitrogens is 3. The molecule has 0 bridgehead atoms. The topological polar surface area (TPSA) is 61.5 Å². The van der Waals surface area contributed by atoms with Crippen LogP contribution >= 0.6 is 0 Å². The summed E-state index contributed by atoms with van der Waals surface area (Å²) in [6, 6.07) is 11.6. The van der Waals surface area contributed by atoms with Gasteiger partial charge in [0.1, 0.15) is 0 Å². The number of hydrogen-bond acceptors (Lipinski definition) is 2. The van der Waals surface area contributed by atoms with Crippen molar-refractivity contribution in [3.8, 4) is 11.3 Å². The number of nitrogens with zero attached hydrogens (tertiary/aromatic N) is 1. The van der Waals surface area contributed by atoms with Crippen LogP contribution in [-0.2, 0) is 0 Å². The van der Waals surface area contributed by atoms with Gasteiger partial charge in [-0.1, -0.05) is 18.2 Å². The molecule has 0 unspecified atom stereocenters. The number of H-pyrrole nitrogens is 2. The minimum Gasteiger partial charge on any atom is -0.354 e. The van der Waals surface area contributed by atoms with Gasteiger partial charge in [0.2, 0.25) is 0 Å². The Hall–Kier alpha value is -2.36. The van der Waals surface area contributed by atoms with E-state index in [1.807, 2.05) is 30.3 Å². The molecule has 0 amide bonds. The van der Waals surface area contributed by atoms with E-state index in [1.54, 1.807) is 12.3 Å². The van der Waals surface area contributed by atoms with Gasteiger partial charge in [-0.05, 0) is 18.2 Å². The summed E-state index contributed by atoms with van der Waals surface area (Å²) in [4.78, 5) is 14.8.